The Morgan fingerprint density at radius 3 is 2.33 bits per heavy atom. The number of sulfonamides is 1. The van der Waals surface area contributed by atoms with Crippen LogP contribution in [-0.4, -0.2) is 57.0 Å². The number of carbonyl (C=O) groups is 1. The molecule has 6 aromatic rings. The molecule has 0 fully saturated rings. The highest BCUT2D eigenvalue weighted by molar-refractivity contribution is 7.92. The third kappa shape index (κ3) is 6.09. The lowest BCUT2D eigenvalue weighted by Crippen LogP contribution is -2.42. The first-order chi connectivity index (χ1) is 22.7. The number of nitrogens with zero attached hydrogens (tertiary/aromatic N) is 2. The van der Waals surface area contributed by atoms with E-state index < -0.39 is 33.2 Å². The molecule has 0 radical (unpaired) electrons. The summed E-state index contributed by atoms with van der Waals surface area (Å²) in [6.07, 6.45) is 1.01. The third-order valence-corrected chi connectivity index (χ3v) is 8.80. The molecule has 0 aliphatic carbocycles. The van der Waals surface area contributed by atoms with E-state index in [4.69, 9.17) is 13.6 Å². The van der Waals surface area contributed by atoms with Crippen molar-refractivity contribution in [3.8, 4) is 39.7 Å². The van der Waals surface area contributed by atoms with Crippen LogP contribution in [0.3, 0.4) is 0 Å². The maximum absolute atomic E-state index is 14.5. The zero-order chi connectivity index (χ0) is 34.5. The van der Waals surface area contributed by atoms with Crippen molar-refractivity contribution >= 4 is 43.7 Å². The van der Waals surface area contributed by atoms with E-state index in [0.29, 0.717) is 33.4 Å². The van der Waals surface area contributed by atoms with E-state index in [2.05, 4.69) is 10.3 Å². The number of furan rings is 1. The first-order valence-electron chi connectivity index (χ1n) is 14.7. The van der Waals surface area contributed by atoms with Crippen LogP contribution in [0, 0.1) is 11.6 Å². The fourth-order valence-electron chi connectivity index (χ4n) is 5.53. The second-order valence-electron chi connectivity index (χ2n) is 11.9. The molecule has 0 aliphatic heterocycles. The molecule has 0 atom stereocenters. The van der Waals surface area contributed by atoms with Crippen LogP contribution in [0.1, 0.15) is 24.2 Å². The minimum atomic E-state index is -4.02. The molecule has 0 saturated heterocycles. The normalized spacial score (nSPS) is 12.1. The minimum Gasteiger partial charge on any atom is -0.496 e. The Bertz CT molecular complexity index is 2310. The van der Waals surface area contributed by atoms with Crippen LogP contribution in [0.5, 0.6) is 5.75 Å². The molecule has 48 heavy (non-hydrogen) atoms. The quantitative estimate of drug-likeness (QED) is 0.172. The number of para-hydroxylation sites is 1. The van der Waals surface area contributed by atoms with Gasteiger partial charge in [0.2, 0.25) is 15.9 Å². The Morgan fingerprint density at radius 2 is 1.71 bits per heavy atom. The fraction of sp³-hybridized carbons (Fsp3) is 0.200. The van der Waals surface area contributed by atoms with Crippen molar-refractivity contribution in [2.24, 2.45) is 0 Å². The molecule has 2 aromatic heterocycles. The minimum absolute atomic E-state index is 0.0440. The summed E-state index contributed by atoms with van der Waals surface area (Å²) < 4.78 is 73.7. The predicted molar refractivity (Wildman–Crippen MR) is 178 cm³/mol. The summed E-state index contributed by atoms with van der Waals surface area (Å²) in [7, 11) is -1.11. The summed E-state index contributed by atoms with van der Waals surface area (Å²) in [5, 5.41) is 13.7. The molecule has 13 heteroatoms. The van der Waals surface area contributed by atoms with Gasteiger partial charge in [-0.05, 0) is 74.0 Å². The van der Waals surface area contributed by atoms with Gasteiger partial charge in [0.1, 0.15) is 28.4 Å². The van der Waals surface area contributed by atoms with E-state index in [1.807, 2.05) is 0 Å². The highest BCUT2D eigenvalue weighted by Gasteiger charge is 2.31. The van der Waals surface area contributed by atoms with E-state index >= 15 is 0 Å². The Balaban J connectivity index is 1.68. The summed E-state index contributed by atoms with van der Waals surface area (Å²) in [5.74, 6) is -1.02. The maximum Gasteiger partial charge on any atom is 0.255 e. The van der Waals surface area contributed by atoms with Gasteiger partial charge in [0.25, 0.3) is 5.91 Å². The van der Waals surface area contributed by atoms with Gasteiger partial charge in [-0.2, -0.15) is 0 Å². The van der Waals surface area contributed by atoms with Gasteiger partial charge in [-0.25, -0.2) is 22.2 Å². The molecule has 2 N–H and O–H groups in total. The van der Waals surface area contributed by atoms with Crippen LogP contribution in [0.4, 0.5) is 14.5 Å². The average molecular weight is 676 g/mol. The molecular formula is C35H31F2N3O7S. The van der Waals surface area contributed by atoms with Crippen molar-refractivity contribution in [1.82, 2.24) is 10.3 Å². The second kappa shape index (κ2) is 12.1. The number of hydrogen-bond acceptors (Lipinski definition) is 8. The number of oxazole rings is 1. The highest BCUT2D eigenvalue weighted by Crippen LogP contribution is 2.44. The number of nitrogens with one attached hydrogen (secondary N) is 1. The molecule has 0 aliphatic rings. The van der Waals surface area contributed by atoms with Gasteiger partial charge in [-0.3, -0.25) is 9.10 Å². The number of methoxy groups -OCH3 is 1. The molecule has 0 spiro atoms. The first kappa shape index (κ1) is 32.7. The molecule has 0 unspecified atom stereocenters. The lowest BCUT2D eigenvalue weighted by Gasteiger charge is -2.30. The summed E-state index contributed by atoms with van der Waals surface area (Å²) in [4.78, 5) is 17.8. The van der Waals surface area contributed by atoms with Gasteiger partial charge in [0.15, 0.2) is 11.4 Å². The Morgan fingerprint density at radius 1 is 1.00 bits per heavy atom. The largest absolute Gasteiger partial charge is 0.496 e. The number of halogens is 2. The molecule has 1 amide bonds. The summed E-state index contributed by atoms with van der Waals surface area (Å²) in [6.45, 7) is 2.63. The SMILES string of the molecule is CNC(=O)c1c(-c2ccc(F)cc2)oc2cc(N(CC(C)(C)O)S(C)(=O)=O)c(-c3ccc(OC)c(-c4nc5cccc(F)c5o4)c3)cc12. The van der Waals surface area contributed by atoms with E-state index in [1.54, 1.807) is 30.3 Å². The van der Waals surface area contributed by atoms with Crippen molar-refractivity contribution in [3.05, 3.63) is 90.0 Å². The van der Waals surface area contributed by atoms with Gasteiger partial charge in [0, 0.05) is 29.6 Å². The lowest BCUT2D eigenvalue weighted by molar-refractivity contribution is 0.0909. The number of fused-ring (bicyclic) bond motifs is 2. The van der Waals surface area contributed by atoms with Crippen molar-refractivity contribution in [1.29, 1.82) is 0 Å². The number of rotatable bonds is 9. The topological polar surface area (TPSA) is 135 Å². The van der Waals surface area contributed by atoms with E-state index in [9.17, 15) is 27.1 Å². The summed E-state index contributed by atoms with van der Waals surface area (Å²) >= 11 is 0. The molecule has 248 valence electrons. The zero-order valence-electron chi connectivity index (χ0n) is 26.6. The summed E-state index contributed by atoms with van der Waals surface area (Å²) in [5.41, 5.74) is 0.765. The Kier molecular flexibility index (Phi) is 8.21. The van der Waals surface area contributed by atoms with Crippen LogP contribution in [0.15, 0.2) is 81.6 Å². The van der Waals surface area contributed by atoms with Gasteiger partial charge in [-0.1, -0.05) is 12.1 Å². The van der Waals surface area contributed by atoms with Crippen LogP contribution >= 0.6 is 0 Å². The third-order valence-electron chi connectivity index (χ3n) is 7.67. The number of ether oxygens (including phenoxy) is 1. The maximum atomic E-state index is 14.5. The number of aliphatic hydroxyl groups is 1. The zero-order valence-corrected chi connectivity index (χ0v) is 27.4. The molecule has 10 nitrogen and oxygen atoms in total. The molecular weight excluding hydrogens is 644 g/mol. The smallest absolute Gasteiger partial charge is 0.255 e. The Hall–Kier alpha value is -5.27. The van der Waals surface area contributed by atoms with Crippen LogP contribution in [0.2, 0.25) is 0 Å². The van der Waals surface area contributed by atoms with Crippen molar-refractivity contribution < 1.29 is 40.7 Å². The van der Waals surface area contributed by atoms with Gasteiger partial charge >= 0.3 is 0 Å². The highest BCUT2D eigenvalue weighted by atomic mass is 32.2. The van der Waals surface area contributed by atoms with Crippen molar-refractivity contribution in [2.75, 3.05) is 31.3 Å². The van der Waals surface area contributed by atoms with Crippen LogP contribution in [0.25, 0.3) is 56.0 Å². The molecule has 6 rings (SSSR count). The Labute approximate surface area is 274 Å². The predicted octanol–water partition coefficient (Wildman–Crippen LogP) is 6.76. The average Bonchev–Trinajstić information content (AvgIpc) is 3.64. The van der Waals surface area contributed by atoms with Crippen molar-refractivity contribution in [2.45, 2.75) is 19.4 Å². The van der Waals surface area contributed by atoms with E-state index in [0.717, 1.165) is 10.6 Å². The van der Waals surface area contributed by atoms with Crippen molar-refractivity contribution in [3.63, 3.8) is 0 Å². The number of aromatic nitrogens is 1. The van der Waals surface area contributed by atoms with Crippen LogP contribution < -0.4 is 14.4 Å². The van der Waals surface area contributed by atoms with E-state index in [1.165, 1.54) is 70.5 Å². The fourth-order valence-corrected chi connectivity index (χ4v) is 6.59. The van der Waals surface area contributed by atoms with Crippen LogP contribution in [-0.2, 0) is 10.0 Å². The van der Waals surface area contributed by atoms with Gasteiger partial charge < -0.3 is 24.0 Å². The molecule has 0 bridgehead atoms. The molecule has 2 heterocycles. The second-order valence-corrected chi connectivity index (χ2v) is 13.8. The monoisotopic (exact) mass is 675 g/mol. The lowest BCUT2D eigenvalue weighted by atomic mass is 9.96. The van der Waals surface area contributed by atoms with Gasteiger partial charge in [-0.15, -0.1) is 0 Å². The summed E-state index contributed by atoms with van der Waals surface area (Å²) in [6, 6.07) is 17.8. The van der Waals surface area contributed by atoms with Gasteiger partial charge in [0.05, 0.1) is 42.3 Å². The number of anilines is 1. The standard InChI is InChI=1S/C35H31F2N3O7S/c1-35(2,42)18-40(48(5,43)44)27-17-29-23(30(33(41)38-3)31(46-29)19-9-12-21(36)13-10-19)16-22(27)20-11-14-28(45-4)24(15-20)34-39-26-8-6-7-25(37)32(26)47-34/h6-17,42H,18H2,1-5H3,(H,38,41). The first-order valence-corrected chi connectivity index (χ1v) is 16.6. The molecule has 0 saturated carbocycles. The number of hydrogen-bond donors (Lipinski definition) is 2. The number of amides is 1. The van der Waals surface area contributed by atoms with E-state index in [-0.39, 0.29) is 46.1 Å². The number of carbonyl (C=O) groups excluding carboxylic acids is 1. The molecule has 4 aromatic carbocycles. The number of benzene rings is 4.